The topological polar surface area (TPSA) is 117 Å². The average molecular weight is 500 g/mol. The lowest BCUT2D eigenvalue weighted by atomic mass is 9.97. The molecular formula is C28H29N5O2S. The van der Waals surface area contributed by atoms with E-state index in [-0.39, 0.29) is 11.4 Å². The number of anilines is 1. The molecule has 36 heavy (non-hydrogen) atoms. The lowest BCUT2D eigenvalue weighted by Crippen LogP contribution is -2.05. The van der Waals surface area contributed by atoms with Crippen LogP contribution in [0.3, 0.4) is 0 Å². The molecule has 3 aromatic rings. The number of aromatic nitrogens is 1. The minimum absolute atomic E-state index is 0.0942. The first-order valence-corrected chi connectivity index (χ1v) is 12.5. The molecule has 1 aromatic heterocycles. The molecule has 1 heterocycles. The summed E-state index contributed by atoms with van der Waals surface area (Å²) in [5, 5.41) is 20.4. The van der Waals surface area contributed by atoms with E-state index < -0.39 is 0 Å². The highest BCUT2D eigenvalue weighted by molar-refractivity contribution is 7.98. The zero-order valence-electron chi connectivity index (χ0n) is 20.9. The van der Waals surface area contributed by atoms with Gasteiger partial charge in [-0.05, 0) is 41.7 Å². The SMILES string of the molecule is COCCOc1ccc(-c2c(C#N)c(N)nc(SCc3cccc(C)c3N=CC(C)C)c2C#N)cc1. The predicted molar refractivity (Wildman–Crippen MR) is 145 cm³/mol. The molecule has 0 amide bonds. The minimum Gasteiger partial charge on any atom is -0.491 e. The van der Waals surface area contributed by atoms with Crippen LogP contribution in [-0.2, 0) is 10.5 Å². The first kappa shape index (κ1) is 26.7. The fourth-order valence-corrected chi connectivity index (χ4v) is 4.52. The van der Waals surface area contributed by atoms with Crippen LogP contribution in [0.2, 0.25) is 0 Å². The molecule has 0 fully saturated rings. The van der Waals surface area contributed by atoms with Crippen molar-refractivity contribution in [1.82, 2.24) is 4.98 Å². The molecule has 0 aliphatic rings. The maximum Gasteiger partial charge on any atom is 0.143 e. The van der Waals surface area contributed by atoms with Gasteiger partial charge in [0.25, 0.3) is 0 Å². The second kappa shape index (κ2) is 12.7. The van der Waals surface area contributed by atoms with Gasteiger partial charge in [0, 0.05) is 24.6 Å². The maximum atomic E-state index is 10.1. The summed E-state index contributed by atoms with van der Waals surface area (Å²) < 4.78 is 10.6. The Bertz CT molecular complexity index is 1320. The molecule has 0 saturated heterocycles. The van der Waals surface area contributed by atoms with Gasteiger partial charge in [0.05, 0.1) is 17.9 Å². The van der Waals surface area contributed by atoms with Crippen molar-refractivity contribution in [2.24, 2.45) is 10.9 Å². The van der Waals surface area contributed by atoms with E-state index in [1.54, 1.807) is 19.2 Å². The van der Waals surface area contributed by atoms with Crippen LogP contribution in [0.4, 0.5) is 11.5 Å². The van der Waals surface area contributed by atoms with E-state index in [2.05, 4.69) is 31.0 Å². The number of aliphatic imine (C=N–C) groups is 1. The molecule has 2 N–H and O–H groups in total. The third-order valence-corrected chi connectivity index (χ3v) is 6.33. The minimum atomic E-state index is 0.0942. The Balaban J connectivity index is 1.99. The van der Waals surface area contributed by atoms with Gasteiger partial charge in [0.1, 0.15) is 40.9 Å². The highest BCUT2D eigenvalue weighted by Crippen LogP contribution is 2.38. The number of nitrogens with two attached hydrogens (primary N) is 1. The van der Waals surface area contributed by atoms with Crippen molar-refractivity contribution in [3.8, 4) is 29.0 Å². The Morgan fingerprint density at radius 3 is 2.44 bits per heavy atom. The van der Waals surface area contributed by atoms with Gasteiger partial charge in [0.15, 0.2) is 0 Å². The van der Waals surface area contributed by atoms with E-state index in [0.717, 1.165) is 16.8 Å². The molecule has 0 aliphatic carbocycles. The summed E-state index contributed by atoms with van der Waals surface area (Å²) in [6.45, 7) is 7.09. The number of hydrogen-bond donors (Lipinski definition) is 1. The summed E-state index contributed by atoms with van der Waals surface area (Å²) in [6, 6.07) is 17.6. The van der Waals surface area contributed by atoms with Crippen LogP contribution in [-0.4, -0.2) is 31.5 Å². The standard InChI is InChI=1S/C28H29N5O2S/c1-18(2)16-32-26-19(3)6-5-7-21(26)17-36-28-24(15-30)25(23(14-29)27(31)33-28)20-8-10-22(11-9-20)35-13-12-34-4/h5-11,16,18H,12-13,17H2,1-4H3,(H2,31,33). The highest BCUT2D eigenvalue weighted by Gasteiger charge is 2.21. The Morgan fingerprint density at radius 1 is 1.08 bits per heavy atom. The normalized spacial score (nSPS) is 11.0. The summed E-state index contributed by atoms with van der Waals surface area (Å²) in [7, 11) is 1.61. The number of pyridine rings is 1. The van der Waals surface area contributed by atoms with Crippen molar-refractivity contribution >= 4 is 29.5 Å². The highest BCUT2D eigenvalue weighted by atomic mass is 32.2. The molecule has 0 saturated carbocycles. The van der Waals surface area contributed by atoms with E-state index in [1.165, 1.54) is 11.8 Å². The van der Waals surface area contributed by atoms with Crippen LogP contribution >= 0.6 is 11.8 Å². The summed E-state index contributed by atoms with van der Waals surface area (Å²) >= 11 is 1.41. The quantitative estimate of drug-likeness (QED) is 0.205. The van der Waals surface area contributed by atoms with Crippen LogP contribution in [0.5, 0.6) is 5.75 Å². The molecule has 0 bridgehead atoms. The Kier molecular flexibility index (Phi) is 9.46. The van der Waals surface area contributed by atoms with Gasteiger partial charge in [-0.3, -0.25) is 4.99 Å². The summed E-state index contributed by atoms with van der Waals surface area (Å²) in [6.07, 6.45) is 1.93. The molecule has 0 radical (unpaired) electrons. The molecule has 3 rings (SSSR count). The largest absolute Gasteiger partial charge is 0.491 e. The number of methoxy groups -OCH3 is 1. The van der Waals surface area contributed by atoms with Gasteiger partial charge < -0.3 is 15.2 Å². The van der Waals surface area contributed by atoms with Crippen molar-refractivity contribution in [1.29, 1.82) is 10.5 Å². The number of nitriles is 2. The van der Waals surface area contributed by atoms with Crippen molar-refractivity contribution in [3.63, 3.8) is 0 Å². The van der Waals surface area contributed by atoms with E-state index in [4.69, 9.17) is 20.2 Å². The third-order valence-electron chi connectivity index (χ3n) is 5.30. The van der Waals surface area contributed by atoms with Crippen molar-refractivity contribution < 1.29 is 9.47 Å². The molecule has 0 unspecified atom stereocenters. The number of ether oxygens (including phenoxy) is 2. The van der Waals surface area contributed by atoms with E-state index >= 15 is 0 Å². The van der Waals surface area contributed by atoms with E-state index in [0.29, 0.717) is 52.4 Å². The molecular weight excluding hydrogens is 470 g/mol. The predicted octanol–water partition coefficient (Wildman–Crippen LogP) is 6.06. The maximum absolute atomic E-state index is 10.1. The summed E-state index contributed by atoms with van der Waals surface area (Å²) in [5.74, 6) is 1.63. The Labute approximate surface area is 216 Å². The number of hydrogen-bond acceptors (Lipinski definition) is 8. The molecule has 8 heteroatoms. The zero-order chi connectivity index (χ0) is 26.1. The number of rotatable bonds is 10. The summed E-state index contributed by atoms with van der Waals surface area (Å²) in [4.78, 5) is 9.12. The first-order chi connectivity index (χ1) is 17.4. The van der Waals surface area contributed by atoms with Gasteiger partial charge in [0.2, 0.25) is 0 Å². The first-order valence-electron chi connectivity index (χ1n) is 11.5. The number of nitrogens with zero attached hydrogens (tertiary/aromatic N) is 4. The lowest BCUT2D eigenvalue weighted by molar-refractivity contribution is 0.146. The molecule has 7 nitrogen and oxygen atoms in total. The number of thioether (sulfide) groups is 1. The molecule has 0 aliphatic heterocycles. The third kappa shape index (κ3) is 6.42. The fourth-order valence-electron chi connectivity index (χ4n) is 3.54. The Morgan fingerprint density at radius 2 is 1.81 bits per heavy atom. The van der Waals surface area contributed by atoms with E-state index in [1.807, 2.05) is 43.5 Å². The summed E-state index contributed by atoms with van der Waals surface area (Å²) in [5.41, 5.74) is 10.9. The van der Waals surface area contributed by atoms with Gasteiger partial charge in [-0.25, -0.2) is 4.98 Å². The number of benzene rings is 2. The molecule has 2 aromatic carbocycles. The van der Waals surface area contributed by atoms with Crippen molar-refractivity contribution in [2.45, 2.75) is 31.6 Å². The smallest absolute Gasteiger partial charge is 0.143 e. The van der Waals surface area contributed by atoms with Crippen LogP contribution < -0.4 is 10.5 Å². The van der Waals surface area contributed by atoms with Crippen molar-refractivity contribution in [2.75, 3.05) is 26.1 Å². The zero-order valence-corrected chi connectivity index (χ0v) is 21.7. The van der Waals surface area contributed by atoms with Gasteiger partial charge >= 0.3 is 0 Å². The average Bonchev–Trinajstić information content (AvgIpc) is 2.87. The fraction of sp³-hybridized carbons (Fsp3) is 0.286. The van der Waals surface area contributed by atoms with Crippen LogP contribution in [0, 0.1) is 35.5 Å². The second-order valence-electron chi connectivity index (χ2n) is 8.41. The number of nitrogen functional groups attached to an aromatic ring is 1. The van der Waals surface area contributed by atoms with Crippen LogP contribution in [0.25, 0.3) is 11.1 Å². The number of para-hydroxylation sites is 1. The van der Waals surface area contributed by atoms with Crippen LogP contribution in [0.15, 0.2) is 52.5 Å². The van der Waals surface area contributed by atoms with Crippen LogP contribution in [0.1, 0.15) is 36.1 Å². The second-order valence-corrected chi connectivity index (χ2v) is 9.37. The molecule has 184 valence electrons. The van der Waals surface area contributed by atoms with Gasteiger partial charge in [-0.1, -0.05) is 44.2 Å². The number of aryl methyl sites for hydroxylation is 1. The molecule has 0 spiro atoms. The lowest BCUT2D eigenvalue weighted by Gasteiger charge is -2.14. The van der Waals surface area contributed by atoms with Gasteiger partial charge in [-0.2, -0.15) is 10.5 Å². The van der Waals surface area contributed by atoms with Gasteiger partial charge in [-0.15, -0.1) is 11.8 Å². The van der Waals surface area contributed by atoms with E-state index in [9.17, 15) is 10.5 Å². The Hall–Kier alpha value is -3.85. The monoisotopic (exact) mass is 499 g/mol. The van der Waals surface area contributed by atoms with Crippen molar-refractivity contribution in [3.05, 3.63) is 64.7 Å². The molecule has 0 atom stereocenters.